The molecule has 0 saturated carbocycles. The Bertz CT molecular complexity index is 656. The second kappa shape index (κ2) is 3.58. The molecule has 2 N–H and O–H groups in total. The number of fused-ring (bicyclic) bond motifs is 1. The van der Waals surface area contributed by atoms with Crippen molar-refractivity contribution in [1.29, 1.82) is 0 Å². The van der Waals surface area contributed by atoms with Crippen LogP contribution in [0.1, 0.15) is 11.3 Å². The molecule has 0 atom stereocenters. The van der Waals surface area contributed by atoms with E-state index in [1.807, 2.05) is 13.0 Å². The van der Waals surface area contributed by atoms with Gasteiger partial charge in [-0.15, -0.1) is 0 Å². The molecule has 0 unspecified atom stereocenters. The van der Waals surface area contributed by atoms with E-state index < -0.39 is 0 Å². The Balaban J connectivity index is 2.12. The van der Waals surface area contributed by atoms with Gasteiger partial charge in [-0.3, -0.25) is 4.57 Å². The Kier molecular flexibility index (Phi) is 2.07. The predicted molar refractivity (Wildman–Crippen MR) is 62.3 cm³/mol. The first kappa shape index (κ1) is 9.83. The minimum atomic E-state index is 0.425. The Labute approximate surface area is 97.1 Å². The number of hydrogen-bond acceptors (Lipinski definition) is 5. The van der Waals surface area contributed by atoms with Gasteiger partial charge in [0.1, 0.15) is 5.52 Å². The molecule has 3 rings (SSSR count). The number of aryl methyl sites for hydroxylation is 1. The molecule has 3 heterocycles. The minimum Gasteiger partial charge on any atom is -0.369 e. The van der Waals surface area contributed by atoms with Crippen molar-refractivity contribution >= 4 is 17.1 Å². The van der Waals surface area contributed by atoms with Gasteiger partial charge in [-0.25, -0.2) is 9.97 Å². The van der Waals surface area contributed by atoms with Gasteiger partial charge in [0.2, 0.25) is 5.95 Å². The molecular weight excluding hydrogens is 218 g/mol. The molecule has 0 amide bonds. The average molecular weight is 229 g/mol. The summed E-state index contributed by atoms with van der Waals surface area (Å²) in [6.07, 6.45) is 3.39. The number of aromatic nitrogens is 4. The normalized spacial score (nSPS) is 11.1. The van der Waals surface area contributed by atoms with Gasteiger partial charge in [-0.05, 0) is 18.6 Å². The number of nitrogen functional groups attached to an aromatic ring is 1. The Hall–Kier alpha value is -2.37. The van der Waals surface area contributed by atoms with E-state index in [1.54, 1.807) is 23.0 Å². The smallest absolute Gasteiger partial charge is 0.202 e. The third kappa shape index (κ3) is 1.63. The first-order chi connectivity index (χ1) is 8.24. The van der Waals surface area contributed by atoms with Gasteiger partial charge < -0.3 is 10.3 Å². The first-order valence-electron chi connectivity index (χ1n) is 5.22. The average Bonchev–Trinajstić information content (AvgIpc) is 2.88. The van der Waals surface area contributed by atoms with Crippen molar-refractivity contribution < 1.29 is 4.52 Å². The van der Waals surface area contributed by atoms with Gasteiger partial charge in [-0.1, -0.05) is 5.16 Å². The molecule has 17 heavy (non-hydrogen) atoms. The number of rotatable bonds is 2. The van der Waals surface area contributed by atoms with Crippen molar-refractivity contribution in [3.05, 3.63) is 35.9 Å². The number of pyridine rings is 1. The summed E-state index contributed by atoms with van der Waals surface area (Å²) >= 11 is 0. The summed E-state index contributed by atoms with van der Waals surface area (Å²) in [5, 5.41) is 3.66. The fourth-order valence-electron chi connectivity index (χ4n) is 1.76. The highest BCUT2D eigenvalue weighted by molar-refractivity contribution is 5.74. The number of anilines is 1. The van der Waals surface area contributed by atoms with E-state index in [2.05, 4.69) is 15.1 Å². The Morgan fingerprint density at radius 3 is 3.12 bits per heavy atom. The molecule has 86 valence electrons. The van der Waals surface area contributed by atoms with Crippen LogP contribution in [0.4, 0.5) is 5.95 Å². The summed E-state index contributed by atoms with van der Waals surface area (Å²) < 4.78 is 6.85. The van der Waals surface area contributed by atoms with E-state index in [0.29, 0.717) is 12.5 Å². The van der Waals surface area contributed by atoms with E-state index in [0.717, 1.165) is 22.5 Å². The van der Waals surface area contributed by atoms with Gasteiger partial charge in [-0.2, -0.15) is 0 Å². The maximum Gasteiger partial charge on any atom is 0.202 e. The Morgan fingerprint density at radius 2 is 2.35 bits per heavy atom. The fourth-order valence-corrected chi connectivity index (χ4v) is 1.76. The molecule has 0 aliphatic rings. The standard InChI is InChI=1S/C11H11N5O/c1-7-4-9-10(13-5-7)16(11(12)15-9)6-8-2-3-14-17-8/h2-5H,6H2,1H3,(H2,12,15). The van der Waals surface area contributed by atoms with Crippen LogP contribution < -0.4 is 5.73 Å². The first-order valence-corrected chi connectivity index (χ1v) is 5.22. The van der Waals surface area contributed by atoms with E-state index in [9.17, 15) is 0 Å². The molecule has 6 heteroatoms. The highest BCUT2D eigenvalue weighted by atomic mass is 16.5. The zero-order valence-corrected chi connectivity index (χ0v) is 9.29. The molecule has 6 nitrogen and oxygen atoms in total. The maximum absolute atomic E-state index is 5.87. The maximum atomic E-state index is 5.87. The summed E-state index contributed by atoms with van der Waals surface area (Å²) in [4.78, 5) is 8.61. The SMILES string of the molecule is Cc1cnc2c(c1)nc(N)n2Cc1ccno1. The lowest BCUT2D eigenvalue weighted by Crippen LogP contribution is -2.04. The van der Waals surface area contributed by atoms with Crippen LogP contribution in [-0.2, 0) is 6.54 Å². The topological polar surface area (TPSA) is 82.8 Å². The third-order valence-electron chi connectivity index (χ3n) is 2.56. The summed E-state index contributed by atoms with van der Waals surface area (Å²) in [5.74, 6) is 1.15. The molecule has 0 saturated heterocycles. The van der Waals surface area contributed by atoms with Crippen LogP contribution in [0.15, 0.2) is 29.0 Å². The third-order valence-corrected chi connectivity index (χ3v) is 2.56. The lowest BCUT2D eigenvalue weighted by molar-refractivity contribution is 0.378. The van der Waals surface area contributed by atoms with Crippen LogP contribution >= 0.6 is 0 Å². The molecule has 0 aromatic carbocycles. The number of imidazole rings is 1. The monoisotopic (exact) mass is 229 g/mol. The second-order valence-electron chi connectivity index (χ2n) is 3.89. The predicted octanol–water partition coefficient (Wildman–Crippen LogP) is 1.36. The highest BCUT2D eigenvalue weighted by Gasteiger charge is 2.11. The second-order valence-corrected chi connectivity index (χ2v) is 3.89. The lowest BCUT2D eigenvalue weighted by atomic mass is 10.3. The largest absolute Gasteiger partial charge is 0.369 e. The van der Waals surface area contributed by atoms with Crippen molar-refractivity contribution in [2.24, 2.45) is 0 Å². The quantitative estimate of drug-likeness (QED) is 0.717. The summed E-state index contributed by atoms with van der Waals surface area (Å²) in [6, 6.07) is 3.75. The molecule has 0 radical (unpaired) electrons. The molecule has 3 aromatic rings. The minimum absolute atomic E-state index is 0.425. The molecule has 0 aliphatic carbocycles. The van der Waals surface area contributed by atoms with Gasteiger partial charge >= 0.3 is 0 Å². The summed E-state index contributed by atoms with van der Waals surface area (Å²) in [6.45, 7) is 2.45. The van der Waals surface area contributed by atoms with E-state index in [1.165, 1.54) is 0 Å². The summed E-state index contributed by atoms with van der Waals surface area (Å²) in [7, 11) is 0. The summed E-state index contributed by atoms with van der Waals surface area (Å²) in [5.41, 5.74) is 8.47. The van der Waals surface area contributed by atoms with Crippen molar-refractivity contribution in [3.63, 3.8) is 0 Å². The van der Waals surface area contributed by atoms with Crippen molar-refractivity contribution in [3.8, 4) is 0 Å². The fraction of sp³-hybridized carbons (Fsp3) is 0.182. The van der Waals surface area contributed by atoms with E-state index in [4.69, 9.17) is 10.3 Å². The zero-order valence-electron chi connectivity index (χ0n) is 9.29. The molecule has 0 aliphatic heterocycles. The van der Waals surface area contributed by atoms with Gasteiger partial charge in [0.15, 0.2) is 11.4 Å². The lowest BCUT2D eigenvalue weighted by Gasteiger charge is -2.02. The van der Waals surface area contributed by atoms with E-state index >= 15 is 0 Å². The molecule has 3 aromatic heterocycles. The van der Waals surface area contributed by atoms with Crippen LogP contribution in [0.5, 0.6) is 0 Å². The Morgan fingerprint density at radius 1 is 1.47 bits per heavy atom. The van der Waals surface area contributed by atoms with Crippen LogP contribution in [0.2, 0.25) is 0 Å². The van der Waals surface area contributed by atoms with Crippen molar-refractivity contribution in [2.75, 3.05) is 5.73 Å². The molecule has 0 bridgehead atoms. The number of hydrogen-bond donors (Lipinski definition) is 1. The van der Waals surface area contributed by atoms with Crippen LogP contribution in [0, 0.1) is 6.92 Å². The highest BCUT2D eigenvalue weighted by Crippen LogP contribution is 2.18. The van der Waals surface area contributed by atoms with Gasteiger partial charge in [0, 0.05) is 12.3 Å². The molecular formula is C11H11N5O. The van der Waals surface area contributed by atoms with E-state index in [-0.39, 0.29) is 0 Å². The van der Waals surface area contributed by atoms with Crippen LogP contribution in [-0.4, -0.2) is 19.7 Å². The molecule has 0 spiro atoms. The zero-order chi connectivity index (χ0) is 11.8. The number of nitrogens with two attached hydrogens (primary N) is 1. The molecule has 0 fully saturated rings. The van der Waals surface area contributed by atoms with Gasteiger partial charge in [0.25, 0.3) is 0 Å². The van der Waals surface area contributed by atoms with Crippen LogP contribution in [0.25, 0.3) is 11.2 Å². The number of nitrogens with zero attached hydrogens (tertiary/aromatic N) is 4. The van der Waals surface area contributed by atoms with Crippen LogP contribution in [0.3, 0.4) is 0 Å². The van der Waals surface area contributed by atoms with Crippen molar-refractivity contribution in [2.45, 2.75) is 13.5 Å². The van der Waals surface area contributed by atoms with Crippen molar-refractivity contribution in [1.82, 2.24) is 19.7 Å². The van der Waals surface area contributed by atoms with Gasteiger partial charge in [0.05, 0.1) is 12.7 Å².